The molecule has 0 fully saturated rings. The van der Waals surface area contributed by atoms with Gasteiger partial charge in [-0.1, -0.05) is 30.3 Å². The van der Waals surface area contributed by atoms with Crippen molar-refractivity contribution >= 4 is 17.5 Å². The second-order valence-corrected chi connectivity index (χ2v) is 4.86. The smallest absolute Gasteiger partial charge is 0.251 e. The molecule has 1 N–H and O–H groups in total. The number of carbonyl (C=O) groups excluding carboxylic acids is 1. The molecule has 0 radical (unpaired) electrons. The summed E-state index contributed by atoms with van der Waals surface area (Å²) in [6.07, 6.45) is 0. The lowest BCUT2D eigenvalue weighted by atomic mass is 10.1. The third kappa shape index (κ3) is 3.36. The van der Waals surface area contributed by atoms with E-state index in [2.05, 4.69) is 5.32 Å². The van der Waals surface area contributed by atoms with E-state index in [4.69, 9.17) is 11.6 Å². The van der Waals surface area contributed by atoms with Gasteiger partial charge in [0.05, 0.1) is 6.04 Å². The summed E-state index contributed by atoms with van der Waals surface area (Å²) in [5.74, 6) is -0.309. The SMILES string of the molecule is Cc1cc(C(=O)NC(CCl)c2ccccc2)ccc1F. The highest BCUT2D eigenvalue weighted by atomic mass is 35.5. The molecule has 4 heteroatoms. The summed E-state index contributed by atoms with van der Waals surface area (Å²) in [6, 6.07) is 13.5. The number of carbonyl (C=O) groups is 1. The zero-order valence-electron chi connectivity index (χ0n) is 11.1. The monoisotopic (exact) mass is 291 g/mol. The molecule has 2 rings (SSSR count). The fourth-order valence-electron chi connectivity index (χ4n) is 1.92. The summed E-state index contributed by atoms with van der Waals surface area (Å²) in [7, 11) is 0. The predicted molar refractivity (Wildman–Crippen MR) is 78.5 cm³/mol. The molecule has 1 amide bonds. The van der Waals surface area contributed by atoms with Crippen molar-refractivity contribution in [2.45, 2.75) is 13.0 Å². The number of aryl methyl sites for hydroxylation is 1. The molecule has 1 unspecified atom stereocenters. The van der Waals surface area contributed by atoms with Crippen LogP contribution < -0.4 is 5.32 Å². The normalized spacial score (nSPS) is 11.9. The summed E-state index contributed by atoms with van der Waals surface area (Å²) in [6.45, 7) is 1.63. The van der Waals surface area contributed by atoms with Crippen molar-refractivity contribution in [3.05, 3.63) is 71.0 Å². The fraction of sp³-hybridized carbons (Fsp3) is 0.188. The van der Waals surface area contributed by atoms with Crippen molar-refractivity contribution in [3.8, 4) is 0 Å². The molecule has 0 spiro atoms. The summed E-state index contributed by atoms with van der Waals surface area (Å²) < 4.78 is 13.2. The summed E-state index contributed by atoms with van der Waals surface area (Å²) in [5.41, 5.74) is 1.81. The molecule has 0 aliphatic heterocycles. The highest BCUT2D eigenvalue weighted by molar-refractivity contribution is 6.18. The quantitative estimate of drug-likeness (QED) is 0.852. The first-order chi connectivity index (χ1) is 9.61. The predicted octanol–water partition coefficient (Wildman–Crippen LogP) is 3.84. The van der Waals surface area contributed by atoms with Gasteiger partial charge in [0.15, 0.2) is 0 Å². The Labute approximate surface area is 122 Å². The van der Waals surface area contributed by atoms with E-state index in [-0.39, 0.29) is 23.6 Å². The average Bonchev–Trinajstić information content (AvgIpc) is 2.48. The summed E-state index contributed by atoms with van der Waals surface area (Å²) in [5, 5.41) is 2.85. The molecule has 1 atom stereocenters. The van der Waals surface area contributed by atoms with Crippen LogP contribution in [0.1, 0.15) is 27.5 Å². The number of halogens is 2. The van der Waals surface area contributed by atoms with E-state index in [9.17, 15) is 9.18 Å². The maximum absolute atomic E-state index is 13.2. The maximum atomic E-state index is 13.2. The highest BCUT2D eigenvalue weighted by Gasteiger charge is 2.15. The van der Waals surface area contributed by atoms with Gasteiger partial charge >= 0.3 is 0 Å². The molecule has 2 aromatic rings. The van der Waals surface area contributed by atoms with Gasteiger partial charge in [-0.15, -0.1) is 11.6 Å². The fourth-order valence-corrected chi connectivity index (χ4v) is 2.18. The molecule has 104 valence electrons. The van der Waals surface area contributed by atoms with Gasteiger partial charge in [-0.25, -0.2) is 4.39 Å². The Bertz CT molecular complexity index is 601. The second-order valence-electron chi connectivity index (χ2n) is 4.55. The molecule has 2 nitrogen and oxygen atoms in total. The van der Waals surface area contributed by atoms with Gasteiger partial charge in [0.25, 0.3) is 5.91 Å². The van der Waals surface area contributed by atoms with E-state index in [0.29, 0.717) is 11.1 Å². The van der Waals surface area contributed by atoms with Crippen LogP contribution in [-0.2, 0) is 0 Å². The van der Waals surface area contributed by atoms with Crippen molar-refractivity contribution in [2.75, 3.05) is 5.88 Å². The lowest BCUT2D eigenvalue weighted by Crippen LogP contribution is -2.29. The largest absolute Gasteiger partial charge is 0.344 e. The summed E-state index contributed by atoms with van der Waals surface area (Å²) >= 11 is 5.92. The minimum absolute atomic E-state index is 0.261. The second kappa shape index (κ2) is 6.53. The number of hydrogen-bond acceptors (Lipinski definition) is 1. The van der Waals surface area contributed by atoms with E-state index in [0.717, 1.165) is 5.56 Å². The van der Waals surface area contributed by atoms with Crippen molar-refractivity contribution in [2.24, 2.45) is 0 Å². The lowest BCUT2D eigenvalue weighted by molar-refractivity contribution is 0.0940. The van der Waals surface area contributed by atoms with Crippen LogP contribution in [0.15, 0.2) is 48.5 Å². The molecule has 0 bridgehead atoms. The number of hydrogen-bond donors (Lipinski definition) is 1. The Morgan fingerprint density at radius 3 is 2.55 bits per heavy atom. The van der Waals surface area contributed by atoms with Gasteiger partial charge in [0.1, 0.15) is 5.82 Å². The van der Waals surface area contributed by atoms with Crippen molar-refractivity contribution < 1.29 is 9.18 Å². The van der Waals surface area contributed by atoms with Crippen LogP contribution in [0.3, 0.4) is 0 Å². The average molecular weight is 292 g/mol. The van der Waals surface area contributed by atoms with E-state index >= 15 is 0 Å². The van der Waals surface area contributed by atoms with Gasteiger partial charge < -0.3 is 5.32 Å². The molecule has 0 saturated heterocycles. The van der Waals surface area contributed by atoms with E-state index in [1.807, 2.05) is 30.3 Å². The van der Waals surface area contributed by atoms with Crippen LogP contribution in [0.4, 0.5) is 4.39 Å². The number of benzene rings is 2. The number of alkyl halides is 1. The number of rotatable bonds is 4. The van der Waals surface area contributed by atoms with Crippen LogP contribution >= 0.6 is 11.6 Å². The summed E-state index contributed by atoms with van der Waals surface area (Å²) in [4.78, 5) is 12.2. The van der Waals surface area contributed by atoms with Crippen LogP contribution in [-0.4, -0.2) is 11.8 Å². The van der Waals surface area contributed by atoms with Crippen molar-refractivity contribution in [1.29, 1.82) is 0 Å². The van der Waals surface area contributed by atoms with Crippen LogP contribution in [0.25, 0.3) is 0 Å². The van der Waals surface area contributed by atoms with E-state index in [1.54, 1.807) is 6.92 Å². The van der Waals surface area contributed by atoms with Gasteiger partial charge in [-0.3, -0.25) is 4.79 Å². The topological polar surface area (TPSA) is 29.1 Å². The third-order valence-electron chi connectivity index (χ3n) is 3.08. The number of amides is 1. The Kier molecular flexibility index (Phi) is 4.74. The molecule has 0 heterocycles. The van der Waals surface area contributed by atoms with Gasteiger partial charge in [-0.05, 0) is 36.2 Å². The van der Waals surface area contributed by atoms with Crippen LogP contribution in [0.2, 0.25) is 0 Å². The highest BCUT2D eigenvalue weighted by Crippen LogP contribution is 2.16. The van der Waals surface area contributed by atoms with Gasteiger partial charge in [-0.2, -0.15) is 0 Å². The molecule has 0 aliphatic rings. The lowest BCUT2D eigenvalue weighted by Gasteiger charge is -2.16. The molecule has 20 heavy (non-hydrogen) atoms. The first kappa shape index (κ1) is 14.5. The first-order valence-electron chi connectivity index (χ1n) is 6.29. The van der Waals surface area contributed by atoms with E-state index in [1.165, 1.54) is 18.2 Å². The molecule has 0 saturated carbocycles. The Balaban J connectivity index is 2.15. The number of nitrogens with one attached hydrogen (secondary N) is 1. The van der Waals surface area contributed by atoms with Crippen molar-refractivity contribution in [1.82, 2.24) is 5.32 Å². The Hall–Kier alpha value is -1.87. The molecule has 0 aliphatic carbocycles. The molecular formula is C16H15ClFNO. The zero-order valence-corrected chi connectivity index (χ0v) is 11.8. The Morgan fingerprint density at radius 1 is 1.25 bits per heavy atom. The Morgan fingerprint density at radius 2 is 1.95 bits per heavy atom. The van der Waals surface area contributed by atoms with Crippen molar-refractivity contribution in [3.63, 3.8) is 0 Å². The standard InChI is InChI=1S/C16H15ClFNO/c1-11-9-13(7-8-14(11)18)16(20)19-15(10-17)12-5-3-2-4-6-12/h2-9,15H,10H2,1H3,(H,19,20). The van der Waals surface area contributed by atoms with Gasteiger partial charge in [0, 0.05) is 11.4 Å². The van der Waals surface area contributed by atoms with Crippen LogP contribution in [0, 0.1) is 12.7 Å². The zero-order chi connectivity index (χ0) is 14.5. The maximum Gasteiger partial charge on any atom is 0.251 e. The van der Waals surface area contributed by atoms with Gasteiger partial charge in [0.2, 0.25) is 0 Å². The minimum atomic E-state index is -0.321. The minimum Gasteiger partial charge on any atom is -0.344 e. The molecular weight excluding hydrogens is 277 g/mol. The van der Waals surface area contributed by atoms with Crippen LogP contribution in [0.5, 0.6) is 0 Å². The molecule has 0 aromatic heterocycles. The third-order valence-corrected chi connectivity index (χ3v) is 3.39. The van der Waals surface area contributed by atoms with E-state index < -0.39 is 0 Å². The first-order valence-corrected chi connectivity index (χ1v) is 6.83. The molecule has 2 aromatic carbocycles.